The molecular formula is C35H43ClN6O9S. The van der Waals surface area contributed by atoms with Crippen molar-refractivity contribution >= 4 is 50.4 Å². The van der Waals surface area contributed by atoms with Crippen molar-refractivity contribution < 1.29 is 31.9 Å². The molecule has 0 unspecified atom stereocenters. The molecule has 3 aliphatic carbocycles. The molecule has 15 nitrogen and oxygen atoms in total. The normalized spacial score (nSPS) is 19.9. The van der Waals surface area contributed by atoms with Crippen molar-refractivity contribution in [2.45, 2.75) is 108 Å². The van der Waals surface area contributed by atoms with Gasteiger partial charge in [-0.1, -0.05) is 25.4 Å². The highest BCUT2D eigenvalue weighted by molar-refractivity contribution is 7.89. The lowest BCUT2D eigenvalue weighted by atomic mass is 9.52. The van der Waals surface area contributed by atoms with E-state index in [1.807, 2.05) is 13.8 Å². The fourth-order valence-corrected chi connectivity index (χ4v) is 8.70. The number of halogens is 1. The Hall–Kier alpha value is -4.41. The number of nitrogens with zero attached hydrogens (tertiary/aromatic N) is 3. The van der Waals surface area contributed by atoms with Gasteiger partial charge in [-0.25, -0.2) is 28.1 Å². The second kappa shape index (κ2) is 14.9. The number of rotatable bonds is 15. The molecule has 3 fully saturated rings. The van der Waals surface area contributed by atoms with Gasteiger partial charge in [-0.15, -0.1) is 0 Å². The van der Waals surface area contributed by atoms with Crippen LogP contribution in [0.4, 0.5) is 5.69 Å². The fraction of sp³-hybridized carbons (Fsp3) is 0.514. The second-order valence-electron chi connectivity index (χ2n) is 13.8. The molecule has 3 aliphatic rings. The Morgan fingerprint density at radius 3 is 2.38 bits per heavy atom. The molecule has 0 atom stereocenters. The van der Waals surface area contributed by atoms with E-state index >= 15 is 0 Å². The molecule has 3 aromatic heterocycles. The van der Waals surface area contributed by atoms with E-state index in [9.17, 15) is 27.6 Å². The molecule has 3 saturated carbocycles. The lowest BCUT2D eigenvalue weighted by Crippen LogP contribution is -2.45. The van der Waals surface area contributed by atoms with E-state index in [-0.39, 0.29) is 51.3 Å². The summed E-state index contributed by atoms with van der Waals surface area (Å²) in [6, 6.07) is 5.66. The first-order valence-corrected chi connectivity index (χ1v) is 19.4. The number of benzene rings is 1. The van der Waals surface area contributed by atoms with Gasteiger partial charge in [-0.2, -0.15) is 0 Å². The summed E-state index contributed by atoms with van der Waals surface area (Å²) in [6.07, 6.45) is 8.70. The van der Waals surface area contributed by atoms with Crippen LogP contribution < -0.4 is 21.7 Å². The number of ether oxygens (including phenoxy) is 2. The molecule has 0 spiro atoms. The predicted molar refractivity (Wildman–Crippen MR) is 191 cm³/mol. The van der Waals surface area contributed by atoms with Crippen molar-refractivity contribution in [1.29, 1.82) is 0 Å². The smallest absolute Gasteiger partial charge is 0.343 e. The number of anilines is 1. The number of aromatic amines is 1. The number of aryl methyl sites for hydroxylation is 1. The van der Waals surface area contributed by atoms with Gasteiger partial charge in [-0.3, -0.25) is 18.7 Å². The molecule has 0 radical (unpaired) electrons. The third-order valence-corrected chi connectivity index (χ3v) is 11.9. The number of carbonyl (C=O) groups is 2. The fourth-order valence-electron chi connectivity index (χ4n) is 7.61. The van der Waals surface area contributed by atoms with Gasteiger partial charge in [-0.05, 0) is 87.5 Å². The van der Waals surface area contributed by atoms with Crippen molar-refractivity contribution in [1.82, 2.24) is 19.1 Å². The first-order chi connectivity index (χ1) is 24.8. The predicted octanol–water partition coefficient (Wildman–Crippen LogP) is 4.94. The molecule has 52 heavy (non-hydrogen) atoms. The topological polar surface area (TPSA) is 211 Å². The largest absolute Gasteiger partial charge is 0.467 e. The van der Waals surface area contributed by atoms with Crippen LogP contribution in [-0.2, 0) is 49.3 Å². The molecule has 4 aromatic rings. The molecular weight excluding hydrogens is 716 g/mol. The number of carbonyl (C=O) groups excluding carboxylic acids is 2. The lowest BCUT2D eigenvalue weighted by Gasteiger charge is -2.52. The zero-order valence-corrected chi connectivity index (χ0v) is 30.7. The van der Waals surface area contributed by atoms with Gasteiger partial charge in [0.05, 0.1) is 29.1 Å². The van der Waals surface area contributed by atoms with E-state index in [4.69, 9.17) is 35.6 Å². The highest BCUT2D eigenvalue weighted by atomic mass is 35.5. The van der Waals surface area contributed by atoms with Gasteiger partial charge >= 0.3 is 17.6 Å². The molecule has 1 aromatic carbocycles. The molecule has 280 valence electrons. The third-order valence-electron chi connectivity index (χ3n) is 10.6. The third kappa shape index (κ3) is 7.41. The average molecular weight is 759 g/mol. The minimum absolute atomic E-state index is 0.0520. The lowest BCUT2D eigenvalue weighted by molar-refractivity contribution is -0.153. The number of furan rings is 1. The number of hydrogen-bond donors (Lipinski definition) is 3. The molecule has 7 rings (SSSR count). The van der Waals surface area contributed by atoms with Crippen molar-refractivity contribution in [3.63, 3.8) is 0 Å². The van der Waals surface area contributed by atoms with Crippen molar-refractivity contribution in [2.75, 3.05) is 12.1 Å². The Kier molecular flexibility index (Phi) is 10.7. The van der Waals surface area contributed by atoms with Crippen LogP contribution in [0.2, 0.25) is 5.02 Å². The molecule has 17 heteroatoms. The van der Waals surface area contributed by atoms with E-state index in [1.165, 1.54) is 16.9 Å². The summed E-state index contributed by atoms with van der Waals surface area (Å²) in [5.74, 6) is -0.180. The Labute approximate surface area is 304 Å². The molecule has 4 N–H and O–H groups in total. The first kappa shape index (κ1) is 37.4. The minimum atomic E-state index is -4.26. The number of imidazole rings is 1. The van der Waals surface area contributed by atoms with Gasteiger partial charge in [0.2, 0.25) is 16.8 Å². The molecule has 0 aliphatic heterocycles. The maximum absolute atomic E-state index is 13.3. The van der Waals surface area contributed by atoms with Gasteiger partial charge in [0.1, 0.15) is 22.0 Å². The molecule has 0 amide bonds. The van der Waals surface area contributed by atoms with Gasteiger partial charge in [0, 0.05) is 24.9 Å². The zero-order valence-electron chi connectivity index (χ0n) is 29.2. The number of nitrogens with two attached hydrogens (primary N) is 1. The van der Waals surface area contributed by atoms with E-state index in [2.05, 4.69) is 10.3 Å². The van der Waals surface area contributed by atoms with Crippen molar-refractivity contribution in [3.8, 4) is 0 Å². The average Bonchev–Trinajstić information content (AvgIpc) is 3.82. The quantitative estimate of drug-likeness (QED) is 0.109. The monoisotopic (exact) mass is 758 g/mol. The second-order valence-corrected chi connectivity index (χ2v) is 15.8. The van der Waals surface area contributed by atoms with Gasteiger partial charge in [0.15, 0.2) is 5.65 Å². The van der Waals surface area contributed by atoms with E-state index in [0.29, 0.717) is 42.9 Å². The van der Waals surface area contributed by atoms with Crippen LogP contribution in [0.1, 0.15) is 100.0 Å². The summed E-state index contributed by atoms with van der Waals surface area (Å²) in [7, 11) is -4.26. The van der Waals surface area contributed by atoms with Gasteiger partial charge in [0.25, 0.3) is 5.56 Å². The maximum Gasteiger partial charge on any atom is 0.343 e. The standard InChI is InChI=1S/C35H43ClN6O9S/c1-3-15-41-29-28(30(44)42(16-4-2)33(41)46)39-32(40-29)35-12-9-34(10-13-35,11-14-35)8-7-27(43)50-21-51-31(45)23-18-26(52(37,47)48)24(36)19-25(23)38-20-22-6-5-17-49-22/h5-6,17-19,38H,3-4,7-16,20-21H2,1-2H3,(H,39,40)(H2,37,47,48). The van der Waals surface area contributed by atoms with Crippen LogP contribution in [-0.4, -0.2) is 46.3 Å². The summed E-state index contributed by atoms with van der Waals surface area (Å²) < 4.78 is 42.8. The number of primary sulfonamides is 1. The van der Waals surface area contributed by atoms with E-state index in [1.54, 1.807) is 16.7 Å². The summed E-state index contributed by atoms with van der Waals surface area (Å²) in [4.78, 5) is 60.1. The Balaban J connectivity index is 1.06. The summed E-state index contributed by atoms with van der Waals surface area (Å²) in [6.45, 7) is 4.22. The van der Waals surface area contributed by atoms with Crippen LogP contribution >= 0.6 is 11.6 Å². The summed E-state index contributed by atoms with van der Waals surface area (Å²) in [5, 5.41) is 8.06. The molecule has 0 saturated heterocycles. The van der Waals surface area contributed by atoms with E-state index < -0.39 is 33.7 Å². The first-order valence-electron chi connectivity index (χ1n) is 17.5. The highest BCUT2D eigenvalue weighted by Crippen LogP contribution is 2.59. The Bertz CT molecular complexity index is 2180. The Morgan fingerprint density at radius 2 is 1.75 bits per heavy atom. The zero-order chi connectivity index (χ0) is 37.3. The summed E-state index contributed by atoms with van der Waals surface area (Å²) in [5.41, 5.74) is -0.161. The number of aromatic nitrogens is 4. The number of H-pyrrole nitrogens is 1. The number of nitrogens with one attached hydrogen (secondary N) is 2. The number of fused-ring (bicyclic) bond motifs is 4. The highest BCUT2D eigenvalue weighted by Gasteiger charge is 2.50. The number of hydrogen-bond acceptors (Lipinski definition) is 11. The Morgan fingerprint density at radius 1 is 1.06 bits per heavy atom. The summed E-state index contributed by atoms with van der Waals surface area (Å²) >= 11 is 6.15. The number of esters is 2. The van der Waals surface area contributed by atoms with Crippen LogP contribution in [0.3, 0.4) is 0 Å². The number of sulfonamides is 1. The van der Waals surface area contributed by atoms with Crippen molar-refractivity contribution in [3.05, 3.63) is 73.5 Å². The van der Waals surface area contributed by atoms with Gasteiger partial charge < -0.3 is 24.2 Å². The maximum atomic E-state index is 13.3. The molecule has 3 heterocycles. The van der Waals surface area contributed by atoms with E-state index in [0.717, 1.165) is 56.8 Å². The SMILES string of the molecule is CCCn1c(=O)c2[nH]c(C34CCC(CCC(=O)OCOC(=O)c5cc(S(N)(=O)=O)c(Cl)cc5NCc5ccco5)(CC3)CC4)nc2n(CCC)c1=O. The minimum Gasteiger partial charge on any atom is -0.467 e. The van der Waals surface area contributed by atoms with Crippen LogP contribution in [0.25, 0.3) is 11.2 Å². The van der Waals surface area contributed by atoms with Crippen LogP contribution in [0.15, 0.2) is 49.4 Å². The molecule has 2 bridgehead atoms. The van der Waals surface area contributed by atoms with Crippen LogP contribution in [0, 0.1) is 5.41 Å². The van der Waals surface area contributed by atoms with Crippen molar-refractivity contribution in [2.24, 2.45) is 10.6 Å². The van der Waals surface area contributed by atoms with Crippen LogP contribution in [0.5, 0.6) is 0 Å².